The highest BCUT2D eigenvalue weighted by molar-refractivity contribution is 5.17. The Bertz CT molecular complexity index is 549. The van der Waals surface area contributed by atoms with E-state index >= 15 is 0 Å². The third kappa shape index (κ3) is 4.35. The van der Waals surface area contributed by atoms with Crippen molar-refractivity contribution >= 4 is 0 Å². The quantitative estimate of drug-likeness (QED) is 0.861. The Morgan fingerprint density at radius 3 is 2.32 bits per heavy atom. The Labute approximate surface area is 114 Å². The van der Waals surface area contributed by atoms with Crippen molar-refractivity contribution in [2.75, 3.05) is 6.54 Å². The summed E-state index contributed by atoms with van der Waals surface area (Å²) in [5, 5.41) is 6.03. The zero-order valence-electron chi connectivity index (χ0n) is 12.8. The smallest absolute Gasteiger partial charge is 0.268 e. The lowest BCUT2D eigenvalue weighted by atomic mass is 10.1. The Morgan fingerprint density at radius 1 is 1.21 bits per heavy atom. The van der Waals surface area contributed by atoms with E-state index in [1.807, 2.05) is 0 Å². The van der Waals surface area contributed by atoms with Crippen molar-refractivity contribution in [1.29, 1.82) is 0 Å². The first kappa shape index (κ1) is 15.7. The predicted molar refractivity (Wildman–Crippen MR) is 77.7 cm³/mol. The number of nitrogens with one attached hydrogen (secondary N) is 2. The van der Waals surface area contributed by atoms with E-state index in [2.05, 4.69) is 38.1 Å². The van der Waals surface area contributed by atoms with Gasteiger partial charge in [-0.3, -0.25) is 14.7 Å². The average molecular weight is 267 g/mol. The molecule has 0 aromatic carbocycles. The SMILES string of the molecule is Cc1c(C)c(=O)n(CC(C)CNC(C)(C)C)[nH]c1=O. The van der Waals surface area contributed by atoms with E-state index in [0.29, 0.717) is 17.7 Å². The van der Waals surface area contributed by atoms with Crippen molar-refractivity contribution in [2.24, 2.45) is 5.92 Å². The molecule has 1 aromatic rings. The van der Waals surface area contributed by atoms with Gasteiger partial charge in [0.1, 0.15) is 0 Å². The van der Waals surface area contributed by atoms with Crippen LogP contribution in [0.25, 0.3) is 0 Å². The third-order valence-electron chi connectivity index (χ3n) is 3.18. The molecular formula is C14H25N3O2. The Morgan fingerprint density at radius 2 is 1.79 bits per heavy atom. The minimum atomic E-state index is -0.187. The molecule has 0 fully saturated rings. The van der Waals surface area contributed by atoms with Gasteiger partial charge in [0.25, 0.3) is 11.1 Å². The maximum Gasteiger partial charge on any atom is 0.268 e. The summed E-state index contributed by atoms with van der Waals surface area (Å²) in [7, 11) is 0. The molecular weight excluding hydrogens is 242 g/mol. The molecule has 0 saturated heterocycles. The lowest BCUT2D eigenvalue weighted by molar-refractivity contribution is 0.345. The number of aromatic nitrogens is 2. The number of aromatic amines is 1. The van der Waals surface area contributed by atoms with Crippen LogP contribution in [0.4, 0.5) is 0 Å². The Kier molecular flexibility index (Phi) is 4.74. The lowest BCUT2D eigenvalue weighted by Crippen LogP contribution is -2.41. The van der Waals surface area contributed by atoms with E-state index in [1.54, 1.807) is 13.8 Å². The fourth-order valence-electron chi connectivity index (χ4n) is 1.78. The van der Waals surface area contributed by atoms with E-state index in [-0.39, 0.29) is 22.6 Å². The van der Waals surface area contributed by atoms with Crippen molar-refractivity contribution in [2.45, 2.75) is 53.6 Å². The standard InChI is InChI=1S/C14H25N3O2/c1-9(7-15-14(4,5)6)8-17-13(19)11(3)10(2)12(18)16-17/h9,15H,7-8H2,1-6H3,(H,16,18). The normalized spacial score (nSPS) is 13.6. The minimum absolute atomic E-state index is 0.0514. The van der Waals surface area contributed by atoms with Gasteiger partial charge < -0.3 is 5.32 Å². The molecule has 0 amide bonds. The molecule has 1 rings (SSSR count). The van der Waals surface area contributed by atoms with Crippen LogP contribution in [0.1, 0.15) is 38.8 Å². The first-order valence-electron chi connectivity index (χ1n) is 6.67. The zero-order chi connectivity index (χ0) is 14.8. The van der Waals surface area contributed by atoms with Gasteiger partial charge in [0.15, 0.2) is 0 Å². The second kappa shape index (κ2) is 5.74. The molecule has 1 aromatic heterocycles. The van der Waals surface area contributed by atoms with Crippen LogP contribution in [-0.2, 0) is 6.54 Å². The molecule has 0 radical (unpaired) electrons. The fraction of sp³-hybridized carbons (Fsp3) is 0.714. The summed E-state index contributed by atoms with van der Waals surface area (Å²) in [6.07, 6.45) is 0. The number of rotatable bonds is 4. The van der Waals surface area contributed by atoms with Crippen LogP contribution in [-0.4, -0.2) is 21.9 Å². The summed E-state index contributed by atoms with van der Waals surface area (Å²) in [4.78, 5) is 23.7. The largest absolute Gasteiger partial charge is 0.312 e. The number of hydrogen-bond acceptors (Lipinski definition) is 3. The first-order valence-corrected chi connectivity index (χ1v) is 6.67. The van der Waals surface area contributed by atoms with Gasteiger partial charge in [-0.1, -0.05) is 6.92 Å². The van der Waals surface area contributed by atoms with Crippen molar-refractivity contribution in [1.82, 2.24) is 15.1 Å². The lowest BCUT2D eigenvalue weighted by Gasteiger charge is -2.23. The van der Waals surface area contributed by atoms with Gasteiger partial charge in [0.05, 0.1) is 0 Å². The van der Waals surface area contributed by atoms with Crippen molar-refractivity contribution in [3.63, 3.8) is 0 Å². The van der Waals surface area contributed by atoms with Gasteiger partial charge in [0, 0.05) is 23.2 Å². The molecule has 0 spiro atoms. The molecule has 5 heteroatoms. The van der Waals surface area contributed by atoms with E-state index in [9.17, 15) is 9.59 Å². The van der Waals surface area contributed by atoms with E-state index in [1.165, 1.54) is 4.68 Å². The molecule has 0 aliphatic heterocycles. The van der Waals surface area contributed by atoms with Gasteiger partial charge in [-0.25, -0.2) is 4.68 Å². The van der Waals surface area contributed by atoms with Crippen LogP contribution in [0.2, 0.25) is 0 Å². The van der Waals surface area contributed by atoms with Gasteiger partial charge in [-0.05, 0) is 47.1 Å². The maximum absolute atomic E-state index is 12.1. The van der Waals surface area contributed by atoms with E-state index in [0.717, 1.165) is 6.54 Å². The van der Waals surface area contributed by atoms with Crippen molar-refractivity contribution < 1.29 is 0 Å². The zero-order valence-corrected chi connectivity index (χ0v) is 12.8. The highest BCUT2D eigenvalue weighted by Crippen LogP contribution is 2.02. The average Bonchev–Trinajstić information content (AvgIpc) is 2.30. The minimum Gasteiger partial charge on any atom is -0.312 e. The van der Waals surface area contributed by atoms with Crippen LogP contribution in [0.3, 0.4) is 0 Å². The van der Waals surface area contributed by atoms with Crippen LogP contribution in [0, 0.1) is 19.8 Å². The summed E-state index contributed by atoms with van der Waals surface area (Å²) in [6.45, 7) is 13.0. The molecule has 0 aliphatic rings. The van der Waals surface area contributed by atoms with E-state index < -0.39 is 0 Å². The summed E-state index contributed by atoms with van der Waals surface area (Å²) >= 11 is 0. The van der Waals surface area contributed by atoms with E-state index in [4.69, 9.17) is 0 Å². The molecule has 0 bridgehead atoms. The highest BCUT2D eigenvalue weighted by atomic mass is 16.2. The second-order valence-corrected chi connectivity index (χ2v) is 6.34. The predicted octanol–water partition coefficient (Wildman–Crippen LogP) is 1.18. The molecule has 2 N–H and O–H groups in total. The maximum atomic E-state index is 12.1. The van der Waals surface area contributed by atoms with Crippen molar-refractivity contribution in [3.8, 4) is 0 Å². The number of nitrogens with zero attached hydrogens (tertiary/aromatic N) is 1. The Balaban J connectivity index is 2.84. The first-order chi connectivity index (χ1) is 8.61. The molecule has 0 aliphatic carbocycles. The molecule has 1 atom stereocenters. The number of H-pyrrole nitrogens is 1. The van der Waals surface area contributed by atoms with Crippen LogP contribution in [0.15, 0.2) is 9.59 Å². The summed E-state index contributed by atoms with van der Waals surface area (Å²) < 4.78 is 1.42. The van der Waals surface area contributed by atoms with Gasteiger partial charge in [-0.2, -0.15) is 0 Å². The molecule has 5 nitrogen and oxygen atoms in total. The molecule has 19 heavy (non-hydrogen) atoms. The van der Waals surface area contributed by atoms with Gasteiger partial charge >= 0.3 is 0 Å². The molecule has 1 heterocycles. The van der Waals surface area contributed by atoms with Crippen LogP contribution in [0.5, 0.6) is 0 Å². The molecule has 108 valence electrons. The monoisotopic (exact) mass is 267 g/mol. The summed E-state index contributed by atoms with van der Waals surface area (Å²) in [5.41, 5.74) is 0.782. The molecule has 1 unspecified atom stereocenters. The van der Waals surface area contributed by atoms with Gasteiger partial charge in [0.2, 0.25) is 0 Å². The second-order valence-electron chi connectivity index (χ2n) is 6.34. The number of hydrogen-bond donors (Lipinski definition) is 2. The summed E-state index contributed by atoms with van der Waals surface area (Å²) in [6, 6.07) is 0. The third-order valence-corrected chi connectivity index (χ3v) is 3.18. The Hall–Kier alpha value is -1.36. The van der Waals surface area contributed by atoms with Crippen molar-refractivity contribution in [3.05, 3.63) is 31.8 Å². The van der Waals surface area contributed by atoms with Gasteiger partial charge in [-0.15, -0.1) is 0 Å². The summed E-state index contributed by atoms with van der Waals surface area (Å²) in [5.74, 6) is 0.259. The van der Waals surface area contributed by atoms with Crippen LogP contribution >= 0.6 is 0 Å². The highest BCUT2D eigenvalue weighted by Gasteiger charge is 2.13. The fourth-order valence-corrected chi connectivity index (χ4v) is 1.78. The molecule has 0 saturated carbocycles. The topological polar surface area (TPSA) is 66.9 Å². The van der Waals surface area contributed by atoms with Crippen LogP contribution < -0.4 is 16.4 Å².